The second kappa shape index (κ2) is 93.1. The van der Waals surface area contributed by atoms with Gasteiger partial charge in [-0.15, -0.1) is 0 Å². The van der Waals surface area contributed by atoms with E-state index in [-0.39, 0.29) is 101 Å². The molecule has 0 N–H and O–H groups in total. The average molecular weight is 1800 g/mol. The molecule has 730 valence electrons. The van der Waals surface area contributed by atoms with Crippen LogP contribution in [0.25, 0.3) is 0 Å². The van der Waals surface area contributed by atoms with Crippen molar-refractivity contribution in [3.05, 3.63) is 101 Å². The van der Waals surface area contributed by atoms with E-state index in [2.05, 4.69) is 78.1 Å². The van der Waals surface area contributed by atoms with E-state index in [0.29, 0.717) is 207 Å². The van der Waals surface area contributed by atoms with Crippen LogP contribution in [0.3, 0.4) is 0 Å². The van der Waals surface area contributed by atoms with Crippen molar-refractivity contribution in [1.29, 1.82) is 0 Å². The molecule has 0 aliphatic rings. The maximum Gasteiger partial charge on any atom is 0.306 e. The summed E-state index contributed by atoms with van der Waals surface area (Å²) in [4.78, 5) is 190. The number of likely N-dealkylation sites (N-methyl/N-ethyl adjacent to an activating group) is 8. The van der Waals surface area contributed by atoms with Gasteiger partial charge in [0, 0.05) is 160 Å². The van der Waals surface area contributed by atoms with Crippen molar-refractivity contribution in [2.75, 3.05) is 155 Å². The van der Waals surface area contributed by atoms with Gasteiger partial charge in [-0.3, -0.25) is 76.7 Å². The number of hydrogen-bond acceptors (Lipinski definition) is 24. The number of hydrogen-bond donors (Lipinski definition) is 0. The number of esters is 8. The second-order valence-electron chi connectivity index (χ2n) is 29.7. The van der Waals surface area contributed by atoms with Crippen LogP contribution in [0.5, 0.6) is 0 Å². The molecule has 0 spiro atoms. The van der Waals surface area contributed by atoms with Crippen LogP contribution in [0.4, 0.5) is 0 Å². The lowest BCUT2D eigenvalue weighted by atomic mass is 10.0. The molecule has 0 saturated carbocycles. The third-order valence-electron chi connectivity index (χ3n) is 17.4. The Morgan fingerprint density at radius 3 is 0.748 bits per heavy atom. The van der Waals surface area contributed by atoms with Crippen LogP contribution in [-0.2, 0) is 115 Å². The van der Waals surface area contributed by atoms with E-state index in [1.54, 1.807) is 73.1 Å². The van der Waals surface area contributed by atoms with Crippen molar-refractivity contribution in [3.63, 3.8) is 0 Å². The molecule has 0 aromatic rings. The van der Waals surface area contributed by atoms with Crippen LogP contribution < -0.4 is 0 Å². The largest absolute Gasteiger partial charge is 0.469 e. The van der Waals surface area contributed by atoms with Gasteiger partial charge in [0.1, 0.15) is 0 Å². The first kappa shape index (κ1) is 132. The van der Waals surface area contributed by atoms with Crippen molar-refractivity contribution >= 4 is 95.0 Å². The lowest BCUT2D eigenvalue weighted by Crippen LogP contribution is -2.26. The fraction of sp³-hybridized carbons (Fsp3) is 0.663. The van der Waals surface area contributed by atoms with E-state index in [4.69, 9.17) is 33.2 Å². The van der Waals surface area contributed by atoms with E-state index >= 15 is 0 Å². The Morgan fingerprint density at radius 1 is 0.268 bits per heavy atom. The van der Waals surface area contributed by atoms with Gasteiger partial charge in [0.2, 0.25) is 47.3 Å². The number of unbranched alkanes of at least 4 members (excludes halogenated alkanes) is 5. The lowest BCUT2D eigenvalue weighted by molar-refractivity contribution is -0.148. The molecule has 0 bridgehead atoms. The molecule has 0 aliphatic heterocycles. The number of ether oxygens (including phenoxy) is 8. The average Bonchev–Trinajstić information content (AvgIpc) is 1.05. The number of carbonyl (C=O) groups excluding carboxylic acids is 16. The second-order valence-corrected chi connectivity index (χ2v) is 29.7. The molecule has 1 unspecified atom stereocenters. The zero-order valence-electron chi connectivity index (χ0n) is 81.4. The zero-order chi connectivity index (χ0) is 98.9. The highest BCUT2D eigenvalue weighted by Crippen LogP contribution is 2.14. The van der Waals surface area contributed by atoms with Crippen molar-refractivity contribution in [2.45, 2.75) is 249 Å². The maximum absolute atomic E-state index is 11.6. The number of nitrogens with zero attached hydrogens (tertiary/aromatic N) is 8. The van der Waals surface area contributed by atoms with E-state index in [1.165, 1.54) is 111 Å². The molecule has 32 heteroatoms. The van der Waals surface area contributed by atoms with Gasteiger partial charge in [-0.2, -0.15) is 0 Å². The summed E-state index contributed by atoms with van der Waals surface area (Å²) in [6.07, 6.45) is 29.5. The predicted octanol–water partition coefficient (Wildman–Crippen LogP) is 13.4. The molecule has 1 atom stereocenters. The summed E-state index contributed by atoms with van der Waals surface area (Å²) in [5.41, 5.74) is 0. The lowest BCUT2D eigenvalue weighted by Gasteiger charge is -2.16. The number of methoxy groups -OCH3 is 1. The standard InChI is InChI=1S/C16H29NO3.C14H25NO3.2C12H21NO3.2C11H19NO3.C10H17NO3.C9H15NO3/c1-5-8-10-14(6-2)13-20-16(19)11-9-12-17(4)15(18)7-3;1-4-6-7-8-12-18-14(17)10-9-11-15(3)13(16)5-2;1-5-11(14)13(4)8-6-7-12(15)16-9-10(2)3;1-4-6-10-16-12(15)8-7-9-13(3)11(14)5-2;1-5-10(13)12(4)8-6-7-11(14)15-9(2)3;1-4-9-15-11(14)7-6-8-12(3)10(13)5-2;1-4-9(12)11(3)8-6-7-10(13)14-5-2;1-4-8(11)10(2)7-5-6-9(12)13-3/h7,14H,3,5-6,8-13H2,1-2,4H3;5H,2,4,6-12H2,1,3H3;5,10H,1,6-9H2,2-4H3;5H,2,4,6-10H2,1,3H3;5,9H,1,6-8H2,2-4H3;5H,2,4,6-9H2,1,3H3;4H,1,5-8H2,2-3H3;4H,1,5-7H2,2-3H3. The van der Waals surface area contributed by atoms with Crippen molar-refractivity contribution in [3.8, 4) is 0 Å². The first-order valence-electron chi connectivity index (χ1n) is 44.3. The van der Waals surface area contributed by atoms with Gasteiger partial charge in [0.15, 0.2) is 0 Å². The van der Waals surface area contributed by atoms with Crippen molar-refractivity contribution in [1.82, 2.24) is 39.2 Å². The molecule has 0 saturated heterocycles. The molecule has 0 aliphatic carbocycles. The third-order valence-corrected chi connectivity index (χ3v) is 17.4. The summed E-state index contributed by atoms with van der Waals surface area (Å²) in [7, 11) is 14.8. The molecule has 127 heavy (non-hydrogen) atoms. The van der Waals surface area contributed by atoms with E-state index in [0.717, 1.165) is 44.9 Å². The molecule has 0 aromatic carbocycles. The van der Waals surface area contributed by atoms with Crippen molar-refractivity contribution in [2.24, 2.45) is 11.8 Å². The molecule has 0 fully saturated rings. The van der Waals surface area contributed by atoms with E-state index in [1.807, 2.05) is 41.5 Å². The Balaban J connectivity index is -0.000000213. The summed E-state index contributed by atoms with van der Waals surface area (Å²) < 4.78 is 39.4. The highest BCUT2D eigenvalue weighted by atomic mass is 16.6. The minimum absolute atomic E-state index is 0.0787. The van der Waals surface area contributed by atoms with Crippen LogP contribution >= 0.6 is 0 Å². The summed E-state index contributed by atoms with van der Waals surface area (Å²) >= 11 is 0. The zero-order valence-corrected chi connectivity index (χ0v) is 81.4. The van der Waals surface area contributed by atoms with Gasteiger partial charge in [0.05, 0.1) is 52.9 Å². The Labute approximate surface area is 762 Å². The summed E-state index contributed by atoms with van der Waals surface area (Å²) in [6, 6.07) is 0. The SMILES string of the molecule is C=CC(=O)N(C)CCCC(=O)OC.C=CC(=O)N(C)CCCC(=O)OC(C)C.C=CC(=O)N(C)CCCC(=O)OCC.C=CC(=O)N(C)CCCC(=O)OCC(C)C.C=CC(=O)N(C)CCCC(=O)OCC(CC)CCCC.C=CC(=O)N(C)CCCC(=O)OCCC.C=CC(=O)N(C)CCCC(=O)OCCCC.C=CC(=O)N(C)CCCC(=O)OCCCCCC. The van der Waals surface area contributed by atoms with E-state index in [9.17, 15) is 76.7 Å². The summed E-state index contributed by atoms with van der Waals surface area (Å²) in [5.74, 6) is -1.80. The normalized spacial score (nSPS) is 9.96. The first-order chi connectivity index (χ1) is 60.0. The number of carbonyl (C=O) groups is 16. The maximum atomic E-state index is 11.6. The van der Waals surface area contributed by atoms with Gasteiger partial charge < -0.3 is 77.1 Å². The Hall–Kier alpha value is -10.6. The molecule has 0 radical (unpaired) electrons. The highest BCUT2D eigenvalue weighted by Gasteiger charge is 2.16. The first-order valence-corrected chi connectivity index (χ1v) is 44.3. The van der Waals surface area contributed by atoms with Gasteiger partial charge in [0.25, 0.3) is 0 Å². The monoisotopic (exact) mass is 1800 g/mol. The topological polar surface area (TPSA) is 373 Å². The quantitative estimate of drug-likeness (QED) is 0.0236. The molecular weight excluding hydrogens is 1640 g/mol. The predicted molar refractivity (Wildman–Crippen MR) is 499 cm³/mol. The molecule has 32 nitrogen and oxygen atoms in total. The van der Waals surface area contributed by atoms with Crippen LogP contribution in [0.1, 0.15) is 243 Å². The Morgan fingerprint density at radius 2 is 0.512 bits per heavy atom. The highest BCUT2D eigenvalue weighted by molar-refractivity contribution is 5.90. The smallest absolute Gasteiger partial charge is 0.306 e. The molecule has 0 heterocycles. The summed E-state index contributed by atoms with van der Waals surface area (Å²) in [6.45, 7) is 54.1. The molecule has 0 aromatic heterocycles. The molecule has 0 rings (SSSR count). The Bertz CT molecular complexity index is 3140. The Kier molecular flexibility index (Phi) is 96.7. The van der Waals surface area contributed by atoms with Crippen LogP contribution in [0, 0.1) is 11.8 Å². The van der Waals surface area contributed by atoms with Gasteiger partial charge in [-0.1, -0.05) is 146 Å². The van der Waals surface area contributed by atoms with Gasteiger partial charge in [-0.05, 0) is 158 Å². The van der Waals surface area contributed by atoms with E-state index < -0.39 is 0 Å². The summed E-state index contributed by atoms with van der Waals surface area (Å²) in [5, 5.41) is 0. The third kappa shape index (κ3) is 92.9. The number of amides is 8. The minimum Gasteiger partial charge on any atom is -0.469 e. The fourth-order valence-electron chi connectivity index (χ4n) is 9.46. The van der Waals surface area contributed by atoms with Crippen LogP contribution in [-0.4, -0.2) is 296 Å². The molecule has 8 amide bonds. The van der Waals surface area contributed by atoms with Crippen LogP contribution in [0.15, 0.2) is 101 Å². The van der Waals surface area contributed by atoms with Gasteiger partial charge >= 0.3 is 47.8 Å². The number of rotatable bonds is 60. The minimum atomic E-state index is -0.251. The van der Waals surface area contributed by atoms with Crippen LogP contribution in [0.2, 0.25) is 0 Å². The van der Waals surface area contributed by atoms with Crippen molar-refractivity contribution < 1.29 is 115 Å². The molecular formula is C95H166N8O24. The van der Waals surface area contributed by atoms with Gasteiger partial charge in [-0.25, -0.2) is 0 Å². The fourth-order valence-corrected chi connectivity index (χ4v) is 9.46.